The number of nitrogens with zero attached hydrogens (tertiary/aromatic N) is 2. The highest BCUT2D eigenvalue weighted by molar-refractivity contribution is 5.83. The molecule has 2 aromatic rings. The third-order valence-corrected chi connectivity index (χ3v) is 4.60. The number of aryl methyl sites for hydroxylation is 1. The number of amides is 1. The Balaban J connectivity index is 1.48. The summed E-state index contributed by atoms with van der Waals surface area (Å²) in [6.45, 7) is 0.293. The Morgan fingerprint density at radius 1 is 1.40 bits per heavy atom. The first-order chi connectivity index (χ1) is 11.9. The van der Waals surface area contributed by atoms with Crippen molar-refractivity contribution in [3.05, 3.63) is 41.2 Å². The van der Waals surface area contributed by atoms with Gasteiger partial charge in [0, 0.05) is 13.6 Å². The SMILES string of the molecule is CN(Cc1ccc2c(c1)OC(F)(F)O2)C(=O)C1CCCc2cn[nH]c21. The van der Waals surface area contributed by atoms with Gasteiger partial charge in [-0.1, -0.05) is 6.07 Å². The lowest BCUT2D eigenvalue weighted by molar-refractivity contribution is -0.286. The highest BCUT2D eigenvalue weighted by Crippen LogP contribution is 2.41. The molecule has 1 aromatic carbocycles. The Labute approximate surface area is 142 Å². The number of alkyl halides is 2. The van der Waals surface area contributed by atoms with Crippen LogP contribution in [0.4, 0.5) is 8.78 Å². The molecular formula is C17H17F2N3O3. The van der Waals surface area contributed by atoms with E-state index in [1.165, 1.54) is 12.1 Å². The van der Waals surface area contributed by atoms with Crippen LogP contribution in [0.2, 0.25) is 0 Å². The number of ether oxygens (including phenoxy) is 2. The molecule has 1 aliphatic heterocycles. The van der Waals surface area contributed by atoms with Crippen LogP contribution in [-0.4, -0.2) is 34.3 Å². The van der Waals surface area contributed by atoms with Crippen LogP contribution in [0.5, 0.6) is 11.5 Å². The lowest BCUT2D eigenvalue weighted by Gasteiger charge is -2.26. The summed E-state index contributed by atoms with van der Waals surface area (Å²) in [4.78, 5) is 14.4. The average molecular weight is 349 g/mol. The van der Waals surface area contributed by atoms with Crippen molar-refractivity contribution >= 4 is 5.91 Å². The summed E-state index contributed by atoms with van der Waals surface area (Å²) in [5.74, 6) is -0.281. The van der Waals surface area contributed by atoms with Crippen molar-refractivity contribution in [1.29, 1.82) is 0 Å². The van der Waals surface area contributed by atoms with Crippen molar-refractivity contribution in [1.82, 2.24) is 15.1 Å². The third-order valence-electron chi connectivity index (χ3n) is 4.60. The number of nitrogens with one attached hydrogen (secondary N) is 1. The normalized spacial score (nSPS) is 20.2. The molecule has 2 heterocycles. The summed E-state index contributed by atoms with van der Waals surface area (Å²) in [5.41, 5.74) is 2.66. The molecule has 1 unspecified atom stereocenters. The van der Waals surface area contributed by atoms with E-state index in [1.54, 1.807) is 24.2 Å². The van der Waals surface area contributed by atoms with Crippen LogP contribution < -0.4 is 9.47 Å². The molecule has 0 saturated carbocycles. The van der Waals surface area contributed by atoms with E-state index in [1.807, 2.05) is 0 Å². The van der Waals surface area contributed by atoms with E-state index in [4.69, 9.17) is 0 Å². The Hall–Kier alpha value is -2.64. The molecule has 0 fully saturated rings. The monoisotopic (exact) mass is 349 g/mol. The van der Waals surface area contributed by atoms with Crippen LogP contribution in [0.1, 0.15) is 35.6 Å². The number of hydrogen-bond acceptors (Lipinski definition) is 4. The van der Waals surface area contributed by atoms with Crippen LogP contribution in [0.15, 0.2) is 24.4 Å². The van der Waals surface area contributed by atoms with E-state index in [9.17, 15) is 13.6 Å². The Morgan fingerprint density at radius 2 is 2.20 bits per heavy atom. The fourth-order valence-electron chi connectivity index (χ4n) is 3.42. The van der Waals surface area contributed by atoms with Crippen molar-refractivity contribution in [2.24, 2.45) is 0 Å². The zero-order valence-corrected chi connectivity index (χ0v) is 13.6. The summed E-state index contributed by atoms with van der Waals surface area (Å²) >= 11 is 0. The quantitative estimate of drug-likeness (QED) is 0.925. The molecule has 0 saturated heterocycles. The smallest absolute Gasteiger partial charge is 0.395 e. The zero-order chi connectivity index (χ0) is 17.6. The van der Waals surface area contributed by atoms with Crippen molar-refractivity contribution in [3.63, 3.8) is 0 Å². The van der Waals surface area contributed by atoms with E-state index in [2.05, 4.69) is 19.7 Å². The second-order valence-corrected chi connectivity index (χ2v) is 6.40. The van der Waals surface area contributed by atoms with Crippen molar-refractivity contribution in [2.75, 3.05) is 7.05 Å². The summed E-state index contributed by atoms with van der Waals surface area (Å²) in [7, 11) is 1.70. The Morgan fingerprint density at radius 3 is 3.04 bits per heavy atom. The molecule has 0 bridgehead atoms. The van der Waals surface area contributed by atoms with E-state index in [0.717, 1.165) is 30.5 Å². The van der Waals surface area contributed by atoms with E-state index >= 15 is 0 Å². The largest absolute Gasteiger partial charge is 0.586 e. The minimum Gasteiger partial charge on any atom is -0.395 e. The van der Waals surface area contributed by atoms with Crippen molar-refractivity contribution in [3.8, 4) is 11.5 Å². The minimum atomic E-state index is -3.64. The highest BCUT2D eigenvalue weighted by Gasteiger charge is 2.43. The number of aromatic amines is 1. The number of aromatic nitrogens is 2. The number of rotatable bonds is 3. The lowest BCUT2D eigenvalue weighted by Crippen LogP contribution is -2.33. The fourth-order valence-corrected chi connectivity index (χ4v) is 3.42. The van der Waals surface area contributed by atoms with Crippen LogP contribution >= 0.6 is 0 Å². The molecule has 132 valence electrons. The van der Waals surface area contributed by atoms with Gasteiger partial charge in [0.1, 0.15) is 0 Å². The van der Waals surface area contributed by atoms with Gasteiger partial charge in [0.05, 0.1) is 17.8 Å². The predicted molar refractivity (Wildman–Crippen MR) is 83.4 cm³/mol. The summed E-state index contributed by atoms with van der Waals surface area (Å²) in [5, 5.41) is 6.97. The number of halogens is 2. The number of carbonyl (C=O) groups excluding carboxylic acids is 1. The molecule has 2 aliphatic rings. The zero-order valence-electron chi connectivity index (χ0n) is 13.6. The maximum Gasteiger partial charge on any atom is 0.586 e. The molecule has 6 nitrogen and oxygen atoms in total. The second-order valence-electron chi connectivity index (χ2n) is 6.40. The molecule has 1 aliphatic carbocycles. The molecular weight excluding hydrogens is 332 g/mol. The van der Waals surface area contributed by atoms with Crippen LogP contribution in [0, 0.1) is 0 Å². The number of likely N-dealkylation sites (N-methyl/N-ethyl adjacent to an activating group) is 1. The molecule has 1 aromatic heterocycles. The maximum atomic E-state index is 13.1. The summed E-state index contributed by atoms with van der Waals surface area (Å²) in [6, 6.07) is 4.55. The summed E-state index contributed by atoms with van der Waals surface area (Å²) in [6.07, 6.45) is 0.770. The van der Waals surface area contributed by atoms with Gasteiger partial charge in [0.2, 0.25) is 5.91 Å². The second kappa shape index (κ2) is 5.72. The van der Waals surface area contributed by atoms with Gasteiger partial charge in [0.25, 0.3) is 0 Å². The maximum absolute atomic E-state index is 13.1. The van der Waals surface area contributed by atoms with Crippen molar-refractivity contribution in [2.45, 2.75) is 38.0 Å². The van der Waals surface area contributed by atoms with Gasteiger partial charge in [-0.2, -0.15) is 5.10 Å². The molecule has 4 rings (SSSR count). The van der Waals surface area contributed by atoms with E-state index in [-0.39, 0.29) is 23.3 Å². The van der Waals surface area contributed by atoms with Crippen LogP contribution in [0.3, 0.4) is 0 Å². The van der Waals surface area contributed by atoms with Gasteiger partial charge in [-0.25, -0.2) is 0 Å². The van der Waals surface area contributed by atoms with Gasteiger partial charge < -0.3 is 14.4 Å². The van der Waals surface area contributed by atoms with Gasteiger partial charge in [-0.3, -0.25) is 9.89 Å². The summed E-state index contributed by atoms with van der Waals surface area (Å²) < 4.78 is 35.0. The first-order valence-electron chi connectivity index (χ1n) is 8.09. The van der Waals surface area contributed by atoms with E-state index in [0.29, 0.717) is 12.1 Å². The Bertz CT molecular complexity index is 821. The van der Waals surface area contributed by atoms with Gasteiger partial charge in [-0.15, -0.1) is 8.78 Å². The third kappa shape index (κ3) is 2.92. The number of benzene rings is 1. The molecule has 0 spiro atoms. The standard InChI is InChI=1S/C17H17F2N3O3/c1-22(16(23)12-4-2-3-11-8-20-21-15(11)12)9-10-5-6-13-14(7-10)25-17(18,19)24-13/h5-8,12H,2-4,9H2,1H3,(H,20,21). The molecule has 1 N–H and O–H groups in total. The number of fused-ring (bicyclic) bond motifs is 2. The molecule has 25 heavy (non-hydrogen) atoms. The fraction of sp³-hybridized carbons (Fsp3) is 0.412. The van der Waals surface area contributed by atoms with Gasteiger partial charge in [-0.05, 0) is 42.5 Å². The van der Waals surface area contributed by atoms with Crippen LogP contribution in [-0.2, 0) is 17.8 Å². The number of H-pyrrole nitrogens is 1. The van der Waals surface area contributed by atoms with Gasteiger partial charge in [0.15, 0.2) is 11.5 Å². The lowest BCUT2D eigenvalue weighted by atomic mass is 9.87. The molecule has 8 heteroatoms. The number of hydrogen-bond donors (Lipinski definition) is 1. The minimum absolute atomic E-state index is 0.00267. The highest BCUT2D eigenvalue weighted by atomic mass is 19.3. The van der Waals surface area contributed by atoms with Gasteiger partial charge >= 0.3 is 6.29 Å². The predicted octanol–water partition coefficient (Wildman–Crippen LogP) is 2.81. The average Bonchev–Trinajstić information content (AvgIpc) is 3.15. The first-order valence-corrected chi connectivity index (χ1v) is 8.09. The van der Waals surface area contributed by atoms with Crippen molar-refractivity contribution < 1.29 is 23.0 Å². The first kappa shape index (κ1) is 15.9. The Kier molecular flexibility index (Phi) is 3.63. The topological polar surface area (TPSA) is 67.5 Å². The molecule has 1 amide bonds. The molecule has 0 radical (unpaired) electrons. The molecule has 1 atom stereocenters. The van der Waals surface area contributed by atoms with Crippen LogP contribution in [0.25, 0.3) is 0 Å². The van der Waals surface area contributed by atoms with E-state index < -0.39 is 6.29 Å². The number of carbonyl (C=O) groups is 1.